The van der Waals surface area contributed by atoms with Gasteiger partial charge in [0.1, 0.15) is 5.60 Å². The topological polar surface area (TPSA) is 53.1 Å². The molecule has 0 unspecified atom stereocenters. The summed E-state index contributed by atoms with van der Waals surface area (Å²) in [6.45, 7) is 11.1. The molecule has 0 saturated carbocycles. The molecule has 0 spiro atoms. The highest BCUT2D eigenvalue weighted by atomic mass is 32.2. The van der Waals surface area contributed by atoms with Crippen LogP contribution >= 0.6 is 11.8 Å². The van der Waals surface area contributed by atoms with Crippen molar-refractivity contribution in [3.8, 4) is 0 Å². The Kier molecular flexibility index (Phi) is 12.1. The van der Waals surface area contributed by atoms with Crippen molar-refractivity contribution >= 4 is 23.8 Å². The van der Waals surface area contributed by atoms with Crippen molar-refractivity contribution in [2.45, 2.75) is 69.8 Å². The number of rotatable bonds is 12. The molecule has 6 nitrogen and oxygen atoms in total. The lowest BCUT2D eigenvalue weighted by Gasteiger charge is -2.34. The van der Waals surface area contributed by atoms with E-state index >= 15 is 0 Å². The van der Waals surface area contributed by atoms with Gasteiger partial charge in [-0.15, -0.1) is 11.8 Å². The van der Waals surface area contributed by atoms with Crippen LogP contribution in [0.2, 0.25) is 0 Å². The molecule has 0 N–H and O–H groups in total. The molecule has 0 atom stereocenters. The van der Waals surface area contributed by atoms with E-state index in [4.69, 9.17) is 4.74 Å². The Morgan fingerprint density at radius 3 is 2.33 bits per heavy atom. The summed E-state index contributed by atoms with van der Waals surface area (Å²) in [5, 5.41) is 0. The summed E-state index contributed by atoms with van der Waals surface area (Å²) < 4.78 is 5.36. The van der Waals surface area contributed by atoms with Crippen LogP contribution in [-0.2, 0) is 9.53 Å². The molecule has 2 rings (SSSR count). The summed E-state index contributed by atoms with van der Waals surface area (Å²) in [6.07, 6.45) is 5.46. The summed E-state index contributed by atoms with van der Waals surface area (Å²) >= 11 is 1.93. The maximum Gasteiger partial charge on any atom is 0.410 e. The molecule has 7 heteroatoms. The average Bonchev–Trinajstić information content (AvgIpc) is 2.78. The van der Waals surface area contributed by atoms with E-state index in [2.05, 4.69) is 35.2 Å². The minimum absolute atomic E-state index is 0.273. The summed E-state index contributed by atoms with van der Waals surface area (Å²) in [6, 6.07) is 10.6. The molecule has 0 aromatic heterocycles. The number of carbonyl (C=O) groups excluding carboxylic acids is 2. The predicted molar refractivity (Wildman–Crippen MR) is 137 cm³/mol. The number of amides is 2. The van der Waals surface area contributed by atoms with Crippen LogP contribution in [0.3, 0.4) is 0 Å². The second-order valence-electron chi connectivity index (χ2n) is 9.80. The molecule has 33 heavy (non-hydrogen) atoms. The van der Waals surface area contributed by atoms with Gasteiger partial charge in [0, 0.05) is 51.1 Å². The van der Waals surface area contributed by atoms with Gasteiger partial charge in [-0.05, 0) is 70.9 Å². The average molecular weight is 478 g/mol. The normalized spacial score (nSPS) is 14.8. The van der Waals surface area contributed by atoms with E-state index in [1.807, 2.05) is 37.4 Å². The van der Waals surface area contributed by atoms with E-state index in [-0.39, 0.29) is 12.0 Å². The molecule has 2 amide bonds. The first kappa shape index (κ1) is 27.5. The fraction of sp³-hybridized carbons (Fsp3) is 0.692. The van der Waals surface area contributed by atoms with Crippen LogP contribution in [-0.4, -0.2) is 84.4 Å². The smallest absolute Gasteiger partial charge is 0.410 e. The van der Waals surface area contributed by atoms with Crippen LogP contribution in [0.15, 0.2) is 35.2 Å². The number of unbranched alkanes of at least 4 members (excludes halogenated alkanes) is 3. The van der Waals surface area contributed by atoms with Gasteiger partial charge in [0.15, 0.2) is 0 Å². The number of hydrogen-bond donors (Lipinski definition) is 0. The highest BCUT2D eigenvalue weighted by molar-refractivity contribution is 7.99. The standard InChI is InChI=1S/C26H43N3O3S/c1-26(2,3)32-25(31)27(4)16-10-6-9-15-24(30)29-20-18-28(19-21-29)17-11-12-22-33-23-13-7-5-8-14-23/h5,7-8,13-14H,6,9-12,15-22H2,1-4H3. The molecule has 1 fully saturated rings. The van der Waals surface area contributed by atoms with Gasteiger partial charge in [0.05, 0.1) is 0 Å². The number of piperazine rings is 1. The van der Waals surface area contributed by atoms with Gasteiger partial charge in [-0.1, -0.05) is 24.6 Å². The number of benzene rings is 1. The van der Waals surface area contributed by atoms with Crippen molar-refractivity contribution in [3.63, 3.8) is 0 Å². The van der Waals surface area contributed by atoms with Gasteiger partial charge in [-0.25, -0.2) is 4.79 Å². The van der Waals surface area contributed by atoms with Crippen molar-refractivity contribution in [1.29, 1.82) is 0 Å². The van der Waals surface area contributed by atoms with Crippen LogP contribution in [0.4, 0.5) is 4.79 Å². The Balaban J connectivity index is 1.48. The minimum Gasteiger partial charge on any atom is -0.444 e. The molecule has 1 saturated heterocycles. The van der Waals surface area contributed by atoms with Gasteiger partial charge in [-0.2, -0.15) is 0 Å². The Morgan fingerprint density at radius 1 is 0.970 bits per heavy atom. The second-order valence-corrected chi connectivity index (χ2v) is 11.0. The Hall–Kier alpha value is -1.73. The number of hydrogen-bond acceptors (Lipinski definition) is 5. The van der Waals surface area contributed by atoms with Gasteiger partial charge < -0.3 is 14.5 Å². The molecule has 0 bridgehead atoms. The predicted octanol–water partition coefficient (Wildman–Crippen LogP) is 5.13. The summed E-state index contributed by atoms with van der Waals surface area (Å²) in [5.74, 6) is 1.44. The molecule has 1 aromatic rings. The molecule has 1 aliphatic rings. The van der Waals surface area contributed by atoms with Crippen LogP contribution in [0.25, 0.3) is 0 Å². The maximum atomic E-state index is 12.5. The summed E-state index contributed by atoms with van der Waals surface area (Å²) in [7, 11) is 1.76. The third-order valence-corrected chi connectivity index (χ3v) is 6.79. The summed E-state index contributed by atoms with van der Waals surface area (Å²) in [4.78, 5) is 32.0. The van der Waals surface area contributed by atoms with Crippen LogP contribution < -0.4 is 0 Å². The van der Waals surface area contributed by atoms with Crippen molar-refractivity contribution in [2.75, 3.05) is 52.1 Å². The molecule has 0 aliphatic carbocycles. The van der Waals surface area contributed by atoms with E-state index in [1.165, 1.54) is 17.7 Å². The molecule has 1 aromatic carbocycles. The van der Waals surface area contributed by atoms with Crippen LogP contribution in [0.1, 0.15) is 59.3 Å². The van der Waals surface area contributed by atoms with E-state index < -0.39 is 5.60 Å². The van der Waals surface area contributed by atoms with Gasteiger partial charge in [0.25, 0.3) is 0 Å². The zero-order valence-electron chi connectivity index (χ0n) is 21.1. The first-order valence-corrected chi connectivity index (χ1v) is 13.4. The molecule has 0 radical (unpaired) electrons. The monoisotopic (exact) mass is 477 g/mol. The Labute approximate surface area is 205 Å². The van der Waals surface area contributed by atoms with E-state index in [0.717, 1.165) is 57.7 Å². The highest BCUT2D eigenvalue weighted by Gasteiger charge is 2.21. The lowest BCUT2D eigenvalue weighted by atomic mass is 10.1. The van der Waals surface area contributed by atoms with Gasteiger partial charge in [0.2, 0.25) is 5.91 Å². The van der Waals surface area contributed by atoms with E-state index in [0.29, 0.717) is 13.0 Å². The number of nitrogens with zero attached hydrogens (tertiary/aromatic N) is 3. The zero-order chi connectivity index (χ0) is 24.1. The SMILES string of the molecule is CN(CCCCCC(=O)N1CCN(CCCCSc2ccccc2)CC1)C(=O)OC(C)(C)C. The highest BCUT2D eigenvalue weighted by Crippen LogP contribution is 2.18. The zero-order valence-corrected chi connectivity index (χ0v) is 21.9. The number of thioether (sulfide) groups is 1. The lowest BCUT2D eigenvalue weighted by Crippen LogP contribution is -2.48. The Morgan fingerprint density at radius 2 is 1.67 bits per heavy atom. The van der Waals surface area contributed by atoms with Crippen molar-refractivity contribution in [3.05, 3.63) is 30.3 Å². The van der Waals surface area contributed by atoms with Crippen molar-refractivity contribution in [2.24, 2.45) is 0 Å². The van der Waals surface area contributed by atoms with Gasteiger partial charge >= 0.3 is 6.09 Å². The molecular formula is C26H43N3O3S. The number of carbonyl (C=O) groups is 2. The fourth-order valence-corrected chi connectivity index (χ4v) is 4.69. The van der Waals surface area contributed by atoms with Crippen molar-refractivity contribution in [1.82, 2.24) is 14.7 Å². The third kappa shape index (κ3) is 11.8. The molecule has 186 valence electrons. The van der Waals surface area contributed by atoms with E-state index in [9.17, 15) is 9.59 Å². The molecular weight excluding hydrogens is 434 g/mol. The quantitative estimate of drug-likeness (QED) is 0.309. The van der Waals surface area contributed by atoms with Crippen LogP contribution in [0.5, 0.6) is 0 Å². The van der Waals surface area contributed by atoms with Crippen molar-refractivity contribution < 1.29 is 14.3 Å². The van der Waals surface area contributed by atoms with Crippen LogP contribution in [0, 0.1) is 0 Å². The largest absolute Gasteiger partial charge is 0.444 e. The third-order valence-electron chi connectivity index (χ3n) is 5.69. The first-order chi connectivity index (χ1) is 15.7. The fourth-order valence-electron chi connectivity index (χ4n) is 3.76. The maximum absolute atomic E-state index is 12.5. The Bertz CT molecular complexity index is 700. The van der Waals surface area contributed by atoms with Gasteiger partial charge in [-0.3, -0.25) is 9.69 Å². The second kappa shape index (κ2) is 14.5. The lowest BCUT2D eigenvalue weighted by molar-refractivity contribution is -0.133. The minimum atomic E-state index is -0.469. The summed E-state index contributed by atoms with van der Waals surface area (Å²) in [5.41, 5.74) is -0.469. The molecule has 1 aliphatic heterocycles. The number of ether oxygens (including phenoxy) is 1. The van der Waals surface area contributed by atoms with E-state index in [1.54, 1.807) is 11.9 Å². The first-order valence-electron chi connectivity index (χ1n) is 12.4. The molecule has 1 heterocycles.